The fourth-order valence-electron chi connectivity index (χ4n) is 2.97. The quantitative estimate of drug-likeness (QED) is 0.679. The molecule has 1 aliphatic rings. The second-order valence-corrected chi connectivity index (χ2v) is 6.89. The van der Waals surface area contributed by atoms with Gasteiger partial charge in [0.05, 0.1) is 11.3 Å². The highest BCUT2D eigenvalue weighted by Gasteiger charge is 2.19. The molecule has 0 saturated heterocycles. The molecule has 4 nitrogen and oxygen atoms in total. The smallest absolute Gasteiger partial charge is 0.253 e. The molecule has 0 aliphatic carbocycles. The van der Waals surface area contributed by atoms with Gasteiger partial charge in [-0.05, 0) is 42.0 Å². The highest BCUT2D eigenvalue weighted by Crippen LogP contribution is 2.26. The van der Waals surface area contributed by atoms with Crippen molar-refractivity contribution >= 4 is 41.3 Å². The van der Waals surface area contributed by atoms with E-state index in [1.165, 1.54) is 0 Å². The number of fused-ring (bicyclic) bond motifs is 1. The third kappa shape index (κ3) is 3.39. The summed E-state index contributed by atoms with van der Waals surface area (Å²) in [7, 11) is 0. The molecule has 2 aromatic heterocycles. The lowest BCUT2D eigenvalue weighted by atomic mass is 10.1. The van der Waals surface area contributed by atoms with Crippen LogP contribution in [0.25, 0.3) is 23.4 Å². The number of aromatic nitrogens is 2. The Labute approximate surface area is 160 Å². The number of carbonyl (C=O) groups is 1. The van der Waals surface area contributed by atoms with Gasteiger partial charge in [-0.2, -0.15) is 0 Å². The molecular formula is C20H15Cl2N3O. The molecule has 1 amide bonds. The third-order valence-corrected chi connectivity index (χ3v) is 4.86. The number of aromatic amines is 1. The Morgan fingerprint density at radius 2 is 1.96 bits per heavy atom. The number of nitrogens with zero attached hydrogens (tertiary/aromatic N) is 1. The summed E-state index contributed by atoms with van der Waals surface area (Å²) in [5.41, 5.74) is 5.25. The Morgan fingerprint density at radius 3 is 2.77 bits per heavy atom. The summed E-state index contributed by atoms with van der Waals surface area (Å²) >= 11 is 12.1. The van der Waals surface area contributed by atoms with E-state index >= 15 is 0 Å². The van der Waals surface area contributed by atoms with Crippen molar-refractivity contribution < 1.29 is 4.79 Å². The van der Waals surface area contributed by atoms with Gasteiger partial charge >= 0.3 is 0 Å². The predicted octanol–water partition coefficient (Wildman–Crippen LogP) is 4.84. The molecule has 2 N–H and O–H groups in total. The van der Waals surface area contributed by atoms with Gasteiger partial charge in [-0.15, -0.1) is 0 Å². The summed E-state index contributed by atoms with van der Waals surface area (Å²) in [5.74, 6) is -0.0275. The summed E-state index contributed by atoms with van der Waals surface area (Å²) < 4.78 is 0. The zero-order valence-corrected chi connectivity index (χ0v) is 15.2. The SMILES string of the molecule is O=C1NCCc2[nH]c(-c3ccnc(C=Cc4ccc(Cl)cc4Cl)c3)cc21. The number of benzene rings is 1. The molecule has 1 aromatic carbocycles. The first kappa shape index (κ1) is 16.9. The lowest BCUT2D eigenvalue weighted by Crippen LogP contribution is -2.31. The van der Waals surface area contributed by atoms with Crippen molar-refractivity contribution in [2.45, 2.75) is 6.42 Å². The van der Waals surface area contributed by atoms with Crippen molar-refractivity contribution in [3.05, 3.63) is 75.2 Å². The van der Waals surface area contributed by atoms with Gasteiger partial charge in [0.25, 0.3) is 5.91 Å². The van der Waals surface area contributed by atoms with Gasteiger partial charge < -0.3 is 10.3 Å². The van der Waals surface area contributed by atoms with Gasteiger partial charge in [0, 0.05) is 46.2 Å². The van der Waals surface area contributed by atoms with E-state index in [9.17, 15) is 4.79 Å². The van der Waals surface area contributed by atoms with Crippen LogP contribution >= 0.6 is 23.2 Å². The summed E-state index contributed by atoms with van der Waals surface area (Å²) in [6, 6.07) is 11.1. The van der Waals surface area contributed by atoms with E-state index in [1.807, 2.05) is 36.4 Å². The number of nitrogens with one attached hydrogen (secondary N) is 2. The third-order valence-electron chi connectivity index (χ3n) is 4.29. The predicted molar refractivity (Wildman–Crippen MR) is 105 cm³/mol. The molecule has 0 bridgehead atoms. The van der Waals surface area contributed by atoms with E-state index in [2.05, 4.69) is 15.3 Å². The molecular weight excluding hydrogens is 369 g/mol. The van der Waals surface area contributed by atoms with Crippen LogP contribution in [0.3, 0.4) is 0 Å². The summed E-state index contributed by atoms with van der Waals surface area (Å²) in [5, 5.41) is 4.05. The lowest BCUT2D eigenvalue weighted by molar-refractivity contribution is 0.0946. The number of halogens is 2. The largest absolute Gasteiger partial charge is 0.358 e. The molecule has 0 fully saturated rings. The number of carbonyl (C=O) groups excluding carboxylic acids is 1. The molecule has 4 rings (SSSR count). The van der Waals surface area contributed by atoms with E-state index in [0.717, 1.165) is 34.6 Å². The fourth-order valence-corrected chi connectivity index (χ4v) is 3.44. The van der Waals surface area contributed by atoms with Crippen LogP contribution in [0, 0.1) is 0 Å². The molecule has 26 heavy (non-hydrogen) atoms. The van der Waals surface area contributed by atoms with Crippen LogP contribution in [0.1, 0.15) is 27.3 Å². The maximum absolute atomic E-state index is 11.9. The van der Waals surface area contributed by atoms with Gasteiger partial charge in [0.15, 0.2) is 0 Å². The van der Waals surface area contributed by atoms with Gasteiger partial charge in [-0.25, -0.2) is 0 Å². The molecule has 3 aromatic rings. The average molecular weight is 384 g/mol. The minimum atomic E-state index is -0.0275. The van der Waals surface area contributed by atoms with Gasteiger partial charge in [-0.3, -0.25) is 9.78 Å². The molecule has 130 valence electrons. The molecule has 0 spiro atoms. The fraction of sp³-hybridized carbons (Fsp3) is 0.100. The molecule has 0 atom stereocenters. The summed E-state index contributed by atoms with van der Waals surface area (Å²) in [4.78, 5) is 19.7. The Kier molecular flexibility index (Phi) is 4.53. The van der Waals surface area contributed by atoms with Crippen LogP contribution < -0.4 is 5.32 Å². The van der Waals surface area contributed by atoms with E-state index in [1.54, 1.807) is 18.3 Å². The second-order valence-electron chi connectivity index (χ2n) is 6.05. The van der Waals surface area contributed by atoms with Gasteiger partial charge in [0.1, 0.15) is 0 Å². The number of amides is 1. The number of hydrogen-bond donors (Lipinski definition) is 2. The molecule has 6 heteroatoms. The number of pyridine rings is 1. The molecule has 3 heterocycles. The summed E-state index contributed by atoms with van der Waals surface area (Å²) in [6.45, 7) is 0.665. The average Bonchev–Trinajstić information content (AvgIpc) is 3.07. The van der Waals surface area contributed by atoms with Crippen LogP contribution in [-0.4, -0.2) is 22.4 Å². The van der Waals surface area contributed by atoms with Crippen molar-refractivity contribution in [3.8, 4) is 11.3 Å². The van der Waals surface area contributed by atoms with Crippen molar-refractivity contribution in [1.82, 2.24) is 15.3 Å². The zero-order chi connectivity index (χ0) is 18.1. The van der Waals surface area contributed by atoms with E-state index < -0.39 is 0 Å². The highest BCUT2D eigenvalue weighted by atomic mass is 35.5. The molecule has 1 aliphatic heterocycles. The second kappa shape index (κ2) is 6.98. The standard InChI is InChI=1S/C20H15Cl2N3O/c21-14-3-1-12(17(22)10-14)2-4-15-9-13(5-7-23-15)19-11-16-18(25-19)6-8-24-20(16)26/h1-5,7,9-11,25H,6,8H2,(H,24,26). The van der Waals surface area contributed by atoms with Gasteiger partial charge in [-0.1, -0.05) is 35.3 Å². The van der Waals surface area contributed by atoms with Crippen LogP contribution in [-0.2, 0) is 6.42 Å². The normalized spacial score (nSPS) is 13.7. The first-order valence-corrected chi connectivity index (χ1v) is 8.95. The number of H-pyrrole nitrogens is 1. The van der Waals surface area contributed by atoms with E-state index in [-0.39, 0.29) is 5.91 Å². The monoisotopic (exact) mass is 383 g/mol. The van der Waals surface area contributed by atoms with Crippen molar-refractivity contribution in [2.24, 2.45) is 0 Å². The molecule has 0 saturated carbocycles. The van der Waals surface area contributed by atoms with E-state index in [0.29, 0.717) is 22.2 Å². The molecule has 0 radical (unpaired) electrons. The topological polar surface area (TPSA) is 57.8 Å². The van der Waals surface area contributed by atoms with Crippen molar-refractivity contribution in [1.29, 1.82) is 0 Å². The maximum atomic E-state index is 11.9. The van der Waals surface area contributed by atoms with Crippen LogP contribution in [0.15, 0.2) is 42.6 Å². The highest BCUT2D eigenvalue weighted by molar-refractivity contribution is 6.35. The maximum Gasteiger partial charge on any atom is 0.253 e. The number of rotatable bonds is 3. The minimum Gasteiger partial charge on any atom is -0.358 e. The lowest BCUT2D eigenvalue weighted by Gasteiger charge is -2.10. The first-order valence-electron chi connectivity index (χ1n) is 8.20. The van der Waals surface area contributed by atoms with Crippen LogP contribution in [0.4, 0.5) is 0 Å². The first-order chi connectivity index (χ1) is 12.6. The van der Waals surface area contributed by atoms with Crippen LogP contribution in [0.5, 0.6) is 0 Å². The van der Waals surface area contributed by atoms with E-state index in [4.69, 9.17) is 23.2 Å². The summed E-state index contributed by atoms with van der Waals surface area (Å²) in [6.07, 6.45) is 6.36. The Balaban J connectivity index is 1.63. The number of hydrogen-bond acceptors (Lipinski definition) is 2. The zero-order valence-electron chi connectivity index (χ0n) is 13.7. The Morgan fingerprint density at radius 1 is 1.08 bits per heavy atom. The molecule has 0 unspecified atom stereocenters. The Bertz CT molecular complexity index is 1020. The van der Waals surface area contributed by atoms with Crippen molar-refractivity contribution in [3.63, 3.8) is 0 Å². The Hall–Kier alpha value is -2.56. The van der Waals surface area contributed by atoms with Crippen molar-refractivity contribution in [2.75, 3.05) is 6.54 Å². The minimum absolute atomic E-state index is 0.0275. The van der Waals surface area contributed by atoms with Crippen LogP contribution in [0.2, 0.25) is 10.0 Å². The van der Waals surface area contributed by atoms with Gasteiger partial charge in [0.2, 0.25) is 0 Å².